The van der Waals surface area contributed by atoms with Crippen LogP contribution in [0.1, 0.15) is 16.1 Å². The Hall–Kier alpha value is -3.20. The van der Waals surface area contributed by atoms with Gasteiger partial charge < -0.3 is 9.52 Å². The summed E-state index contributed by atoms with van der Waals surface area (Å²) in [6, 6.07) is 11.0. The third-order valence-electron chi connectivity index (χ3n) is 3.31. The lowest BCUT2D eigenvalue weighted by atomic mass is 10.2. The van der Waals surface area contributed by atoms with Gasteiger partial charge in [0.25, 0.3) is 5.69 Å². The summed E-state index contributed by atoms with van der Waals surface area (Å²) in [5.41, 5.74) is 2.66. The van der Waals surface area contributed by atoms with Crippen LogP contribution in [0.2, 0.25) is 0 Å². The first-order valence-corrected chi connectivity index (χ1v) is 7.74. The van der Waals surface area contributed by atoms with Crippen LogP contribution in [0.4, 0.5) is 5.69 Å². The number of hydrogen-bond acceptors (Lipinski definition) is 6. The second kappa shape index (κ2) is 6.73. The molecule has 0 aliphatic carbocycles. The lowest BCUT2D eigenvalue weighted by molar-refractivity contribution is -0.385. The Kier molecular flexibility index (Phi) is 4.48. The summed E-state index contributed by atoms with van der Waals surface area (Å²) < 4.78 is 5.54. The van der Waals surface area contributed by atoms with E-state index in [1.807, 2.05) is 6.07 Å². The molecule has 0 atom stereocenters. The van der Waals surface area contributed by atoms with E-state index in [0.29, 0.717) is 5.58 Å². The van der Waals surface area contributed by atoms with Crippen molar-refractivity contribution in [3.63, 3.8) is 0 Å². The first-order chi connectivity index (χ1) is 12.0. The highest BCUT2D eigenvalue weighted by atomic mass is 79.9. The minimum Gasteiger partial charge on any atom is -0.506 e. The van der Waals surface area contributed by atoms with E-state index in [2.05, 4.69) is 26.5 Å². The van der Waals surface area contributed by atoms with Crippen molar-refractivity contribution in [2.24, 2.45) is 5.10 Å². The molecule has 1 aromatic heterocycles. The summed E-state index contributed by atoms with van der Waals surface area (Å²) >= 11 is 3.02. The largest absolute Gasteiger partial charge is 0.506 e. The van der Waals surface area contributed by atoms with Gasteiger partial charge in [0.05, 0.1) is 15.6 Å². The van der Waals surface area contributed by atoms with Gasteiger partial charge in [0.1, 0.15) is 11.3 Å². The van der Waals surface area contributed by atoms with Crippen LogP contribution in [0, 0.1) is 10.1 Å². The Labute approximate surface area is 149 Å². The van der Waals surface area contributed by atoms with E-state index in [-0.39, 0.29) is 27.2 Å². The Bertz CT molecular complexity index is 979. The van der Waals surface area contributed by atoms with Crippen molar-refractivity contribution in [3.05, 3.63) is 68.4 Å². The zero-order valence-corrected chi connectivity index (χ0v) is 14.1. The molecule has 0 radical (unpaired) electrons. The number of hydrazone groups is 1. The van der Waals surface area contributed by atoms with Crippen LogP contribution < -0.4 is 5.43 Å². The summed E-state index contributed by atoms with van der Waals surface area (Å²) in [4.78, 5) is 22.3. The van der Waals surface area contributed by atoms with Crippen molar-refractivity contribution in [1.82, 2.24) is 5.43 Å². The molecule has 0 aliphatic rings. The van der Waals surface area contributed by atoms with Crippen LogP contribution in [0.3, 0.4) is 0 Å². The Morgan fingerprint density at radius 3 is 2.80 bits per heavy atom. The highest BCUT2D eigenvalue weighted by molar-refractivity contribution is 9.10. The van der Waals surface area contributed by atoms with E-state index in [1.54, 1.807) is 24.3 Å². The lowest BCUT2D eigenvalue weighted by Gasteiger charge is -2.02. The van der Waals surface area contributed by atoms with E-state index in [4.69, 9.17) is 4.42 Å². The van der Waals surface area contributed by atoms with Crippen molar-refractivity contribution >= 4 is 44.7 Å². The number of halogens is 1. The minimum absolute atomic E-state index is 0.0720. The number of nitro groups is 1. The minimum atomic E-state index is -0.603. The van der Waals surface area contributed by atoms with Crippen LogP contribution in [0.5, 0.6) is 5.75 Å². The van der Waals surface area contributed by atoms with Crippen LogP contribution in [-0.4, -0.2) is 22.2 Å². The number of furan rings is 1. The number of nitro benzene ring substituents is 1. The molecule has 9 heteroatoms. The Balaban J connectivity index is 1.78. The predicted octanol–water partition coefficient (Wildman–Crippen LogP) is 3.57. The molecule has 2 N–H and O–H groups in total. The van der Waals surface area contributed by atoms with Gasteiger partial charge in [0.2, 0.25) is 0 Å². The Morgan fingerprint density at radius 1 is 1.32 bits per heavy atom. The van der Waals surface area contributed by atoms with Crippen molar-refractivity contribution in [3.8, 4) is 5.75 Å². The predicted molar refractivity (Wildman–Crippen MR) is 93.7 cm³/mol. The number of carbonyl (C=O) groups excluding carboxylic acids is 1. The summed E-state index contributed by atoms with van der Waals surface area (Å²) in [5, 5.41) is 25.2. The monoisotopic (exact) mass is 403 g/mol. The average molecular weight is 404 g/mol. The van der Waals surface area contributed by atoms with Crippen molar-refractivity contribution in [1.29, 1.82) is 0 Å². The van der Waals surface area contributed by atoms with Gasteiger partial charge in [-0.1, -0.05) is 18.2 Å². The maximum atomic E-state index is 12.0. The number of non-ortho nitro benzene ring substituents is 1. The molecule has 8 nitrogen and oxygen atoms in total. The van der Waals surface area contributed by atoms with Gasteiger partial charge in [-0.3, -0.25) is 14.9 Å². The fourth-order valence-electron chi connectivity index (χ4n) is 2.12. The van der Waals surface area contributed by atoms with E-state index in [0.717, 1.165) is 17.7 Å². The normalized spacial score (nSPS) is 11.1. The zero-order chi connectivity index (χ0) is 18.0. The highest BCUT2D eigenvalue weighted by Crippen LogP contribution is 2.31. The van der Waals surface area contributed by atoms with E-state index < -0.39 is 10.8 Å². The second-order valence-electron chi connectivity index (χ2n) is 4.97. The van der Waals surface area contributed by atoms with Gasteiger partial charge in [-0.15, -0.1) is 0 Å². The molecule has 0 spiro atoms. The van der Waals surface area contributed by atoms with Crippen molar-refractivity contribution in [2.45, 2.75) is 0 Å². The topological polar surface area (TPSA) is 118 Å². The lowest BCUT2D eigenvalue weighted by Crippen LogP contribution is -2.16. The van der Waals surface area contributed by atoms with Gasteiger partial charge >= 0.3 is 5.91 Å². The van der Waals surface area contributed by atoms with Crippen molar-refractivity contribution in [2.75, 3.05) is 0 Å². The fraction of sp³-hybridized carbons (Fsp3) is 0. The zero-order valence-electron chi connectivity index (χ0n) is 12.5. The van der Waals surface area contributed by atoms with E-state index in [9.17, 15) is 20.0 Å². The first kappa shape index (κ1) is 16.7. The first-order valence-electron chi connectivity index (χ1n) is 6.94. The molecule has 0 aliphatic heterocycles. The SMILES string of the molecule is O=C(N/N=C/c1cc([N+](=O)[O-])cc(Br)c1O)c1cc2ccccc2o1. The number of amides is 1. The van der Waals surface area contributed by atoms with Crippen LogP contribution >= 0.6 is 15.9 Å². The smallest absolute Gasteiger partial charge is 0.307 e. The molecular formula is C16H10BrN3O5. The standard InChI is InChI=1S/C16H10BrN3O5/c17-12-7-11(20(23)24)5-10(15(12)21)8-18-19-16(22)14-6-9-3-1-2-4-13(9)25-14/h1-8,21H,(H,19,22)/b18-8+. The van der Waals surface area contributed by atoms with Crippen LogP contribution in [0.25, 0.3) is 11.0 Å². The summed E-state index contributed by atoms with van der Waals surface area (Å²) in [5.74, 6) is -0.744. The average Bonchev–Trinajstić information content (AvgIpc) is 3.02. The van der Waals surface area contributed by atoms with Gasteiger partial charge in [-0.2, -0.15) is 5.10 Å². The quantitative estimate of drug-likeness (QED) is 0.392. The number of nitrogens with zero attached hydrogens (tertiary/aromatic N) is 2. The number of rotatable bonds is 4. The van der Waals surface area contributed by atoms with Gasteiger partial charge in [0.15, 0.2) is 5.76 Å². The Morgan fingerprint density at radius 2 is 2.08 bits per heavy atom. The highest BCUT2D eigenvalue weighted by Gasteiger charge is 2.14. The van der Waals surface area contributed by atoms with E-state index in [1.165, 1.54) is 6.07 Å². The third kappa shape index (κ3) is 3.50. The number of nitrogens with one attached hydrogen (secondary N) is 1. The number of benzene rings is 2. The summed E-state index contributed by atoms with van der Waals surface area (Å²) in [6.45, 7) is 0. The molecule has 3 aromatic rings. The maximum Gasteiger partial charge on any atom is 0.307 e. The molecule has 0 unspecified atom stereocenters. The molecule has 0 fully saturated rings. The molecule has 126 valence electrons. The van der Waals surface area contributed by atoms with Gasteiger partial charge in [0, 0.05) is 23.1 Å². The number of hydrogen-bond donors (Lipinski definition) is 2. The molecule has 0 bridgehead atoms. The number of carbonyl (C=O) groups is 1. The third-order valence-corrected chi connectivity index (χ3v) is 3.91. The maximum absolute atomic E-state index is 12.0. The van der Waals surface area contributed by atoms with E-state index >= 15 is 0 Å². The number of fused-ring (bicyclic) bond motifs is 1. The summed E-state index contributed by atoms with van der Waals surface area (Å²) in [6.07, 6.45) is 1.10. The van der Waals surface area contributed by atoms with Crippen LogP contribution in [0.15, 0.2) is 56.5 Å². The summed E-state index contributed by atoms with van der Waals surface area (Å²) in [7, 11) is 0. The molecule has 1 amide bonds. The second-order valence-corrected chi connectivity index (χ2v) is 5.82. The number of phenols is 1. The fourth-order valence-corrected chi connectivity index (χ4v) is 2.58. The molecule has 1 heterocycles. The van der Waals surface area contributed by atoms with Gasteiger partial charge in [-0.05, 0) is 28.1 Å². The molecule has 0 saturated carbocycles. The molecule has 2 aromatic carbocycles. The van der Waals surface area contributed by atoms with Gasteiger partial charge in [-0.25, -0.2) is 5.43 Å². The molecule has 0 saturated heterocycles. The molecule has 25 heavy (non-hydrogen) atoms. The number of para-hydroxylation sites is 1. The molecular weight excluding hydrogens is 394 g/mol. The van der Waals surface area contributed by atoms with Crippen molar-refractivity contribution < 1.29 is 19.2 Å². The molecule has 3 rings (SSSR count). The number of phenolic OH excluding ortho intramolecular Hbond substituents is 1. The number of aromatic hydroxyl groups is 1. The van der Waals surface area contributed by atoms with Crippen LogP contribution in [-0.2, 0) is 0 Å².